The van der Waals surface area contributed by atoms with Crippen LogP contribution in [-0.2, 0) is 4.74 Å². The van der Waals surface area contributed by atoms with Gasteiger partial charge in [-0.3, -0.25) is 0 Å². The Morgan fingerprint density at radius 3 is 2.86 bits per heavy atom. The third kappa shape index (κ3) is 0.933. The molecule has 7 heavy (non-hydrogen) atoms. The maximum atomic E-state index is 5.00. The minimum Gasteiger partial charge on any atom is -0.359 e. The van der Waals surface area contributed by atoms with Gasteiger partial charge in [0, 0.05) is 6.54 Å². The summed E-state index contributed by atoms with van der Waals surface area (Å²) in [5.74, 6) is 0. The summed E-state index contributed by atoms with van der Waals surface area (Å²) in [5.41, 5.74) is 0. The van der Waals surface area contributed by atoms with Crippen LogP contribution >= 0.6 is 0 Å². The van der Waals surface area contributed by atoms with Crippen LogP contribution in [0.15, 0.2) is 12.8 Å². The summed E-state index contributed by atoms with van der Waals surface area (Å²) in [5, 5.41) is 0. The molecule has 0 aromatic rings. The van der Waals surface area contributed by atoms with Gasteiger partial charge >= 0.3 is 0 Å². The number of rotatable bonds is 1. The Morgan fingerprint density at radius 1 is 1.71 bits per heavy atom. The largest absolute Gasteiger partial charge is 0.359 e. The molecule has 0 bridgehead atoms. The number of hydrogen-bond donors (Lipinski definition) is 0. The van der Waals surface area contributed by atoms with Crippen LogP contribution in [0.5, 0.6) is 0 Å². The van der Waals surface area contributed by atoms with Gasteiger partial charge in [0.1, 0.15) is 6.73 Å². The molecule has 0 unspecified atom stereocenters. The van der Waals surface area contributed by atoms with Gasteiger partial charge in [0.2, 0.25) is 0 Å². The SMILES string of the molecule is C=CN1CCOC1. The van der Waals surface area contributed by atoms with E-state index in [1.165, 1.54) is 0 Å². The first-order chi connectivity index (χ1) is 3.43. The summed E-state index contributed by atoms with van der Waals surface area (Å²) in [6.07, 6.45) is 1.80. The number of ether oxygens (including phenoxy) is 1. The van der Waals surface area contributed by atoms with Crippen LogP contribution in [-0.4, -0.2) is 24.8 Å². The van der Waals surface area contributed by atoms with Crippen molar-refractivity contribution in [2.75, 3.05) is 19.9 Å². The fraction of sp³-hybridized carbons (Fsp3) is 0.600. The minimum absolute atomic E-state index is 0.726. The summed E-state index contributed by atoms with van der Waals surface area (Å²) < 4.78 is 5.00. The van der Waals surface area contributed by atoms with Crippen LogP contribution in [0, 0.1) is 0 Å². The zero-order chi connectivity index (χ0) is 5.11. The van der Waals surface area contributed by atoms with Gasteiger partial charge in [0.05, 0.1) is 6.61 Å². The first-order valence-corrected chi connectivity index (χ1v) is 2.38. The van der Waals surface area contributed by atoms with Crippen molar-refractivity contribution in [1.29, 1.82) is 0 Å². The molecule has 2 heteroatoms. The first kappa shape index (κ1) is 4.65. The molecule has 1 aliphatic heterocycles. The zero-order valence-electron chi connectivity index (χ0n) is 4.26. The molecule has 0 saturated carbocycles. The lowest BCUT2D eigenvalue weighted by molar-refractivity contribution is 0.162. The maximum absolute atomic E-state index is 5.00. The van der Waals surface area contributed by atoms with Crippen molar-refractivity contribution in [2.24, 2.45) is 0 Å². The Balaban J connectivity index is 2.26. The van der Waals surface area contributed by atoms with E-state index in [0.29, 0.717) is 0 Å². The normalized spacial score (nSPS) is 20.3. The van der Waals surface area contributed by atoms with E-state index in [1.807, 2.05) is 4.90 Å². The molecule has 2 nitrogen and oxygen atoms in total. The highest BCUT2D eigenvalue weighted by Gasteiger charge is 2.04. The van der Waals surface area contributed by atoms with E-state index in [0.717, 1.165) is 19.9 Å². The van der Waals surface area contributed by atoms with Gasteiger partial charge < -0.3 is 9.64 Å². The van der Waals surface area contributed by atoms with E-state index in [2.05, 4.69) is 6.58 Å². The molecule has 1 saturated heterocycles. The monoisotopic (exact) mass is 99.1 g/mol. The van der Waals surface area contributed by atoms with E-state index in [1.54, 1.807) is 6.20 Å². The third-order valence-corrected chi connectivity index (χ3v) is 1.04. The second kappa shape index (κ2) is 1.98. The summed E-state index contributed by atoms with van der Waals surface area (Å²) >= 11 is 0. The molecular formula is C5H9NO. The molecule has 0 spiro atoms. The van der Waals surface area contributed by atoms with E-state index < -0.39 is 0 Å². The molecule has 0 amide bonds. The van der Waals surface area contributed by atoms with Gasteiger partial charge in [0.15, 0.2) is 0 Å². The fourth-order valence-corrected chi connectivity index (χ4v) is 0.572. The predicted molar refractivity (Wildman–Crippen MR) is 27.7 cm³/mol. The van der Waals surface area contributed by atoms with Gasteiger partial charge in [-0.05, 0) is 6.20 Å². The molecule has 0 atom stereocenters. The minimum atomic E-state index is 0.726. The van der Waals surface area contributed by atoms with Crippen molar-refractivity contribution in [3.05, 3.63) is 12.8 Å². The standard InChI is InChI=1S/C5H9NO/c1-2-6-3-4-7-5-6/h2H,1,3-5H2. The summed E-state index contributed by atoms with van der Waals surface area (Å²) in [7, 11) is 0. The van der Waals surface area contributed by atoms with E-state index in [-0.39, 0.29) is 0 Å². The molecule has 40 valence electrons. The molecule has 0 N–H and O–H groups in total. The maximum Gasteiger partial charge on any atom is 0.118 e. The van der Waals surface area contributed by atoms with Crippen molar-refractivity contribution in [1.82, 2.24) is 4.90 Å². The molecule has 0 aromatic heterocycles. The van der Waals surface area contributed by atoms with Crippen molar-refractivity contribution < 1.29 is 4.74 Å². The van der Waals surface area contributed by atoms with E-state index in [9.17, 15) is 0 Å². The fourth-order valence-electron chi connectivity index (χ4n) is 0.572. The topological polar surface area (TPSA) is 12.5 Å². The Labute approximate surface area is 43.4 Å². The predicted octanol–water partition coefficient (Wildman–Crippen LogP) is 0.420. The van der Waals surface area contributed by atoms with Crippen LogP contribution in [0.3, 0.4) is 0 Å². The van der Waals surface area contributed by atoms with E-state index >= 15 is 0 Å². The molecule has 1 heterocycles. The second-order valence-electron chi connectivity index (χ2n) is 1.53. The highest BCUT2D eigenvalue weighted by molar-refractivity contribution is 4.70. The van der Waals surface area contributed by atoms with Gasteiger partial charge in [0.25, 0.3) is 0 Å². The first-order valence-electron chi connectivity index (χ1n) is 2.38. The zero-order valence-corrected chi connectivity index (χ0v) is 4.26. The summed E-state index contributed by atoms with van der Waals surface area (Å²) in [6.45, 7) is 6.17. The summed E-state index contributed by atoms with van der Waals surface area (Å²) in [6, 6.07) is 0. The lowest BCUT2D eigenvalue weighted by Gasteiger charge is -2.04. The van der Waals surface area contributed by atoms with E-state index in [4.69, 9.17) is 4.74 Å². The lowest BCUT2D eigenvalue weighted by atomic mass is 10.6. The van der Waals surface area contributed by atoms with Crippen LogP contribution in [0.4, 0.5) is 0 Å². The Bertz CT molecular complexity index is 66.5. The molecule has 1 rings (SSSR count). The molecular weight excluding hydrogens is 90.1 g/mol. The van der Waals surface area contributed by atoms with Crippen molar-refractivity contribution >= 4 is 0 Å². The average Bonchev–Trinajstić information content (AvgIpc) is 2.14. The Morgan fingerprint density at radius 2 is 2.57 bits per heavy atom. The third-order valence-electron chi connectivity index (χ3n) is 1.04. The molecule has 1 aliphatic rings. The van der Waals surface area contributed by atoms with Crippen LogP contribution < -0.4 is 0 Å². The smallest absolute Gasteiger partial charge is 0.118 e. The molecule has 1 fully saturated rings. The van der Waals surface area contributed by atoms with Gasteiger partial charge in [-0.1, -0.05) is 6.58 Å². The van der Waals surface area contributed by atoms with Crippen molar-refractivity contribution in [3.8, 4) is 0 Å². The quantitative estimate of drug-likeness (QED) is 0.472. The second-order valence-corrected chi connectivity index (χ2v) is 1.53. The lowest BCUT2D eigenvalue weighted by Crippen LogP contribution is -2.10. The Hall–Kier alpha value is -0.500. The number of nitrogens with zero attached hydrogens (tertiary/aromatic N) is 1. The van der Waals surface area contributed by atoms with Crippen LogP contribution in [0.25, 0.3) is 0 Å². The van der Waals surface area contributed by atoms with Gasteiger partial charge in [-0.25, -0.2) is 0 Å². The number of hydrogen-bond acceptors (Lipinski definition) is 2. The summed E-state index contributed by atoms with van der Waals surface area (Å²) in [4.78, 5) is 2.03. The van der Waals surface area contributed by atoms with Crippen molar-refractivity contribution in [2.45, 2.75) is 0 Å². The Kier molecular flexibility index (Phi) is 1.32. The van der Waals surface area contributed by atoms with Crippen molar-refractivity contribution in [3.63, 3.8) is 0 Å². The molecule has 0 aromatic carbocycles. The van der Waals surface area contributed by atoms with Crippen LogP contribution in [0.1, 0.15) is 0 Å². The molecule has 0 radical (unpaired) electrons. The highest BCUT2D eigenvalue weighted by Crippen LogP contribution is 1.96. The molecule has 0 aliphatic carbocycles. The van der Waals surface area contributed by atoms with Gasteiger partial charge in [-0.15, -0.1) is 0 Å². The van der Waals surface area contributed by atoms with Crippen LogP contribution in [0.2, 0.25) is 0 Å². The van der Waals surface area contributed by atoms with Gasteiger partial charge in [-0.2, -0.15) is 0 Å². The average molecular weight is 99.1 g/mol. The highest BCUT2D eigenvalue weighted by atomic mass is 16.5.